The number of hydrogen-bond acceptors (Lipinski definition) is 3. The highest BCUT2D eigenvalue weighted by Gasteiger charge is 2.52. The number of rotatable bonds is 1. The normalized spacial score (nSPS) is 32.4. The number of ketones is 1. The molecule has 0 unspecified atom stereocenters. The van der Waals surface area contributed by atoms with Gasteiger partial charge in [-0.2, -0.15) is 18.3 Å². The van der Waals surface area contributed by atoms with Crippen LogP contribution in [-0.2, 0) is 10.9 Å². The molecule has 4 atom stereocenters. The van der Waals surface area contributed by atoms with Crippen molar-refractivity contribution >= 4 is 5.78 Å². The van der Waals surface area contributed by atoms with Gasteiger partial charge >= 0.3 is 6.18 Å². The van der Waals surface area contributed by atoms with Gasteiger partial charge in [0.15, 0.2) is 18.0 Å². The molecule has 1 aliphatic heterocycles. The van der Waals surface area contributed by atoms with E-state index in [-0.39, 0.29) is 12.7 Å². The molecule has 1 saturated heterocycles. The van der Waals surface area contributed by atoms with Crippen molar-refractivity contribution in [2.45, 2.75) is 50.4 Å². The van der Waals surface area contributed by atoms with E-state index in [2.05, 4.69) is 5.10 Å². The summed E-state index contributed by atoms with van der Waals surface area (Å²) in [5.74, 6) is -1.49. The number of halogens is 5. The van der Waals surface area contributed by atoms with Crippen LogP contribution >= 0.6 is 0 Å². The molecule has 0 spiro atoms. The topological polar surface area (TPSA) is 44.1 Å². The Morgan fingerprint density at radius 2 is 1.95 bits per heavy atom. The number of nitrogens with zero attached hydrogens (tertiary/aromatic N) is 2. The standard InChI is InChI=1S/C13H13F5N2O2/c1-5-4-6(2-3-22-5)20-10-7(11(21)9(15)8(10)14)12(19-20)13(16,17)18/h5-6,8-9H,2-4H2,1H3/t5-,6-,8-,9+/m0/s1. The van der Waals surface area contributed by atoms with Gasteiger partial charge in [-0.15, -0.1) is 0 Å². The van der Waals surface area contributed by atoms with Gasteiger partial charge in [0, 0.05) is 6.61 Å². The Morgan fingerprint density at radius 1 is 1.27 bits per heavy atom. The Bertz CT molecular complexity index is 612. The fourth-order valence-electron chi connectivity index (χ4n) is 3.04. The molecule has 4 nitrogen and oxygen atoms in total. The molecule has 1 fully saturated rings. The number of hydrogen-bond donors (Lipinski definition) is 0. The monoisotopic (exact) mass is 324 g/mol. The molecular formula is C13H13F5N2O2. The highest BCUT2D eigenvalue weighted by molar-refractivity contribution is 6.05. The molecule has 122 valence electrons. The fourth-order valence-corrected chi connectivity index (χ4v) is 3.04. The quantitative estimate of drug-likeness (QED) is 0.745. The Kier molecular flexibility index (Phi) is 3.50. The van der Waals surface area contributed by atoms with Gasteiger partial charge in [0.1, 0.15) is 0 Å². The van der Waals surface area contributed by atoms with Gasteiger partial charge in [0.2, 0.25) is 5.78 Å². The first-order chi connectivity index (χ1) is 10.2. The fraction of sp³-hybridized carbons (Fsp3) is 0.692. The van der Waals surface area contributed by atoms with Crippen LogP contribution in [0.5, 0.6) is 0 Å². The lowest BCUT2D eigenvalue weighted by Crippen LogP contribution is -2.28. The first-order valence-electron chi connectivity index (χ1n) is 6.85. The minimum Gasteiger partial charge on any atom is -0.378 e. The van der Waals surface area contributed by atoms with E-state index in [0.717, 1.165) is 4.68 Å². The Hall–Kier alpha value is -1.51. The number of carbonyl (C=O) groups excluding carboxylic acids is 1. The van der Waals surface area contributed by atoms with Crippen LogP contribution in [0.2, 0.25) is 0 Å². The number of Topliss-reactive ketones (excluding diaryl/α,β-unsaturated/α-hetero) is 1. The van der Waals surface area contributed by atoms with Crippen LogP contribution < -0.4 is 0 Å². The van der Waals surface area contributed by atoms with Crippen molar-refractivity contribution in [1.82, 2.24) is 9.78 Å². The van der Waals surface area contributed by atoms with Crippen molar-refractivity contribution < 1.29 is 31.5 Å². The van der Waals surface area contributed by atoms with Crippen LogP contribution in [0, 0.1) is 0 Å². The van der Waals surface area contributed by atoms with Crippen molar-refractivity contribution in [3.05, 3.63) is 17.0 Å². The van der Waals surface area contributed by atoms with Crippen LogP contribution in [0.15, 0.2) is 0 Å². The lowest BCUT2D eigenvalue weighted by molar-refractivity contribution is -0.142. The van der Waals surface area contributed by atoms with E-state index in [1.165, 1.54) is 0 Å². The predicted molar refractivity (Wildman–Crippen MR) is 64.0 cm³/mol. The number of alkyl halides is 5. The summed E-state index contributed by atoms with van der Waals surface area (Å²) >= 11 is 0. The molecule has 0 bridgehead atoms. The summed E-state index contributed by atoms with van der Waals surface area (Å²) in [5, 5.41) is 3.41. The van der Waals surface area contributed by atoms with Crippen LogP contribution in [0.25, 0.3) is 0 Å². The summed E-state index contributed by atoms with van der Waals surface area (Å²) in [5.41, 5.74) is -3.06. The second kappa shape index (κ2) is 5.00. The molecule has 1 aliphatic carbocycles. The van der Waals surface area contributed by atoms with E-state index in [1.54, 1.807) is 6.92 Å². The maximum Gasteiger partial charge on any atom is 0.435 e. The summed E-state index contributed by atoms with van der Waals surface area (Å²) in [6.07, 6.45) is -9.53. The third-order valence-corrected chi connectivity index (χ3v) is 4.03. The second-order valence-corrected chi connectivity index (χ2v) is 5.58. The van der Waals surface area contributed by atoms with E-state index >= 15 is 0 Å². The van der Waals surface area contributed by atoms with E-state index in [0.29, 0.717) is 12.8 Å². The van der Waals surface area contributed by atoms with Gasteiger partial charge in [-0.25, -0.2) is 8.78 Å². The lowest BCUT2D eigenvalue weighted by Gasteiger charge is -2.28. The van der Waals surface area contributed by atoms with Crippen molar-refractivity contribution in [3.8, 4) is 0 Å². The molecule has 0 radical (unpaired) electrons. The Balaban J connectivity index is 2.13. The molecule has 3 rings (SSSR count). The molecule has 2 heterocycles. The van der Waals surface area contributed by atoms with Gasteiger partial charge in [-0.1, -0.05) is 0 Å². The van der Waals surface area contributed by atoms with Crippen molar-refractivity contribution in [2.24, 2.45) is 0 Å². The Labute approximate surface area is 122 Å². The summed E-state index contributed by atoms with van der Waals surface area (Å²) in [6, 6.07) is -0.551. The zero-order valence-corrected chi connectivity index (χ0v) is 11.5. The summed E-state index contributed by atoms with van der Waals surface area (Å²) < 4.78 is 72.8. The van der Waals surface area contributed by atoms with Crippen LogP contribution in [0.3, 0.4) is 0 Å². The lowest BCUT2D eigenvalue weighted by atomic mass is 10.0. The minimum absolute atomic E-state index is 0.232. The predicted octanol–water partition coefficient (Wildman–Crippen LogP) is 3.19. The first kappa shape index (κ1) is 15.4. The van der Waals surface area contributed by atoms with Crippen molar-refractivity contribution in [1.29, 1.82) is 0 Å². The zero-order chi connectivity index (χ0) is 16.2. The van der Waals surface area contributed by atoms with E-state index in [1.807, 2.05) is 0 Å². The number of aromatic nitrogens is 2. The highest BCUT2D eigenvalue weighted by Crippen LogP contribution is 2.45. The first-order valence-corrected chi connectivity index (χ1v) is 6.85. The molecule has 2 aliphatic rings. The Morgan fingerprint density at radius 3 is 2.55 bits per heavy atom. The number of ether oxygens (including phenoxy) is 1. The van der Waals surface area contributed by atoms with E-state index in [4.69, 9.17) is 4.74 Å². The second-order valence-electron chi connectivity index (χ2n) is 5.58. The molecule has 9 heteroatoms. The summed E-state index contributed by atoms with van der Waals surface area (Å²) in [7, 11) is 0. The van der Waals surface area contributed by atoms with Gasteiger partial charge in [0.05, 0.1) is 23.4 Å². The van der Waals surface area contributed by atoms with E-state index in [9.17, 15) is 26.7 Å². The molecule has 0 aromatic carbocycles. The molecule has 22 heavy (non-hydrogen) atoms. The third kappa shape index (κ3) is 2.22. The minimum atomic E-state index is -4.94. The van der Waals surface area contributed by atoms with Crippen molar-refractivity contribution in [2.75, 3.05) is 6.61 Å². The molecule has 1 aromatic heterocycles. The molecule has 0 amide bonds. The van der Waals surface area contributed by atoms with Gasteiger partial charge in [0.25, 0.3) is 0 Å². The van der Waals surface area contributed by atoms with Gasteiger partial charge < -0.3 is 4.74 Å². The average Bonchev–Trinajstić information content (AvgIpc) is 2.93. The van der Waals surface area contributed by atoms with Gasteiger partial charge in [-0.3, -0.25) is 9.48 Å². The smallest absolute Gasteiger partial charge is 0.378 e. The SMILES string of the molecule is C[C@H]1C[C@@H](n2nc(C(F)(F)F)c3c2[C@@H](F)[C@@H](F)C3=O)CCO1. The van der Waals surface area contributed by atoms with E-state index < -0.39 is 47.3 Å². The summed E-state index contributed by atoms with van der Waals surface area (Å²) in [4.78, 5) is 11.6. The largest absolute Gasteiger partial charge is 0.435 e. The van der Waals surface area contributed by atoms with Crippen LogP contribution in [-0.4, -0.2) is 34.4 Å². The third-order valence-electron chi connectivity index (χ3n) is 4.03. The molecule has 0 N–H and O–H groups in total. The molecular weight excluding hydrogens is 311 g/mol. The summed E-state index contributed by atoms with van der Waals surface area (Å²) in [6.45, 7) is 2.02. The highest BCUT2D eigenvalue weighted by atomic mass is 19.4. The van der Waals surface area contributed by atoms with Crippen LogP contribution in [0.4, 0.5) is 22.0 Å². The zero-order valence-electron chi connectivity index (χ0n) is 11.5. The maximum atomic E-state index is 14.0. The molecule has 0 saturated carbocycles. The van der Waals surface area contributed by atoms with Crippen molar-refractivity contribution in [3.63, 3.8) is 0 Å². The molecule has 1 aromatic rings. The number of fused-ring (bicyclic) bond motifs is 1. The average molecular weight is 324 g/mol. The van der Waals surface area contributed by atoms with Crippen LogP contribution in [0.1, 0.15) is 53.7 Å². The van der Waals surface area contributed by atoms with Gasteiger partial charge in [-0.05, 0) is 19.8 Å². The maximum absolute atomic E-state index is 14.0. The number of carbonyl (C=O) groups is 1.